The zero-order valence-corrected chi connectivity index (χ0v) is 10.5. The summed E-state index contributed by atoms with van der Waals surface area (Å²) in [6.45, 7) is 2.78. The molecule has 2 unspecified atom stereocenters. The number of fused-ring (bicyclic) bond motifs is 1. The number of benzene rings is 1. The molecule has 0 radical (unpaired) electrons. The molecule has 3 rings (SSSR count). The van der Waals surface area contributed by atoms with Crippen molar-refractivity contribution in [2.24, 2.45) is 0 Å². The molecule has 0 saturated carbocycles. The Bertz CT molecular complexity index is 676. The van der Waals surface area contributed by atoms with Crippen LogP contribution in [0.3, 0.4) is 0 Å². The molecule has 1 fully saturated rings. The van der Waals surface area contributed by atoms with E-state index in [2.05, 4.69) is 10.3 Å². The van der Waals surface area contributed by atoms with E-state index in [4.69, 9.17) is 0 Å². The fraction of sp³-hybridized carbons (Fsp3) is 0.462. The SMILES string of the molecule is CC1CC(n2c(=O)[nH]c3ccc(F)c(F)c32)CCN1. The predicted molar refractivity (Wildman–Crippen MR) is 68.2 cm³/mol. The number of nitrogens with one attached hydrogen (secondary N) is 2. The molecule has 4 nitrogen and oxygen atoms in total. The van der Waals surface area contributed by atoms with Crippen LogP contribution in [0, 0.1) is 11.6 Å². The third-order valence-corrected chi connectivity index (χ3v) is 3.73. The van der Waals surface area contributed by atoms with E-state index in [-0.39, 0.29) is 23.3 Å². The Morgan fingerprint density at radius 2 is 2.16 bits per heavy atom. The van der Waals surface area contributed by atoms with E-state index < -0.39 is 11.6 Å². The van der Waals surface area contributed by atoms with Crippen LogP contribution in [0.5, 0.6) is 0 Å². The van der Waals surface area contributed by atoms with Crippen LogP contribution in [0.15, 0.2) is 16.9 Å². The number of halogens is 2. The van der Waals surface area contributed by atoms with Gasteiger partial charge in [-0.3, -0.25) is 4.57 Å². The molecule has 102 valence electrons. The monoisotopic (exact) mass is 267 g/mol. The van der Waals surface area contributed by atoms with Gasteiger partial charge in [-0.1, -0.05) is 0 Å². The van der Waals surface area contributed by atoms with Crippen LogP contribution in [0.1, 0.15) is 25.8 Å². The Labute approximate surface area is 108 Å². The summed E-state index contributed by atoms with van der Waals surface area (Å²) in [5, 5.41) is 3.27. The second kappa shape index (κ2) is 4.45. The largest absolute Gasteiger partial charge is 0.326 e. The maximum Gasteiger partial charge on any atom is 0.326 e. The van der Waals surface area contributed by atoms with Gasteiger partial charge in [-0.25, -0.2) is 13.6 Å². The normalized spacial score (nSPS) is 23.9. The van der Waals surface area contributed by atoms with Crippen molar-refractivity contribution >= 4 is 11.0 Å². The molecular weight excluding hydrogens is 252 g/mol. The summed E-state index contributed by atoms with van der Waals surface area (Å²) < 4.78 is 28.7. The van der Waals surface area contributed by atoms with E-state index in [1.165, 1.54) is 10.6 Å². The molecule has 6 heteroatoms. The third kappa shape index (κ3) is 1.96. The summed E-state index contributed by atoms with van der Waals surface area (Å²) in [4.78, 5) is 14.6. The number of piperidine rings is 1. The quantitative estimate of drug-likeness (QED) is 0.829. The van der Waals surface area contributed by atoms with Crippen molar-refractivity contribution in [1.82, 2.24) is 14.9 Å². The lowest BCUT2D eigenvalue weighted by Crippen LogP contribution is -2.39. The van der Waals surface area contributed by atoms with Gasteiger partial charge in [0.25, 0.3) is 0 Å². The molecule has 1 aromatic carbocycles. The topological polar surface area (TPSA) is 49.8 Å². The molecule has 1 saturated heterocycles. The van der Waals surface area contributed by atoms with Crippen LogP contribution < -0.4 is 11.0 Å². The van der Waals surface area contributed by atoms with Gasteiger partial charge in [-0.2, -0.15) is 0 Å². The van der Waals surface area contributed by atoms with Gasteiger partial charge in [0, 0.05) is 12.1 Å². The maximum atomic E-state index is 14.0. The summed E-state index contributed by atoms with van der Waals surface area (Å²) in [5.74, 6) is -1.88. The summed E-state index contributed by atoms with van der Waals surface area (Å²) >= 11 is 0. The minimum atomic E-state index is -0.956. The summed E-state index contributed by atoms with van der Waals surface area (Å²) in [5.41, 5.74) is 0.0118. The van der Waals surface area contributed by atoms with Crippen molar-refractivity contribution in [2.75, 3.05) is 6.54 Å². The molecule has 2 atom stereocenters. The van der Waals surface area contributed by atoms with E-state index in [9.17, 15) is 13.6 Å². The van der Waals surface area contributed by atoms with Gasteiger partial charge < -0.3 is 10.3 Å². The van der Waals surface area contributed by atoms with E-state index in [0.29, 0.717) is 5.52 Å². The average Bonchev–Trinajstić information content (AvgIpc) is 2.71. The van der Waals surface area contributed by atoms with Crippen molar-refractivity contribution in [2.45, 2.75) is 31.8 Å². The Morgan fingerprint density at radius 3 is 2.89 bits per heavy atom. The number of aromatic nitrogens is 2. The fourth-order valence-electron chi connectivity index (χ4n) is 2.84. The molecular formula is C13H15F2N3O. The van der Waals surface area contributed by atoms with E-state index >= 15 is 0 Å². The van der Waals surface area contributed by atoms with Crippen molar-refractivity contribution in [3.8, 4) is 0 Å². The van der Waals surface area contributed by atoms with Crippen molar-refractivity contribution < 1.29 is 8.78 Å². The van der Waals surface area contributed by atoms with E-state index in [0.717, 1.165) is 25.5 Å². The van der Waals surface area contributed by atoms with Gasteiger partial charge in [0.15, 0.2) is 11.6 Å². The van der Waals surface area contributed by atoms with Crippen LogP contribution in [-0.4, -0.2) is 22.1 Å². The molecule has 0 bridgehead atoms. The van der Waals surface area contributed by atoms with Gasteiger partial charge in [0.1, 0.15) is 5.52 Å². The molecule has 1 aromatic heterocycles. The molecule has 0 aliphatic carbocycles. The number of H-pyrrole nitrogens is 1. The second-order valence-corrected chi connectivity index (χ2v) is 5.09. The highest BCUT2D eigenvalue weighted by Crippen LogP contribution is 2.26. The van der Waals surface area contributed by atoms with Gasteiger partial charge >= 0.3 is 5.69 Å². The number of imidazole rings is 1. The molecule has 2 aromatic rings. The zero-order chi connectivity index (χ0) is 13.6. The maximum absolute atomic E-state index is 14.0. The molecule has 2 N–H and O–H groups in total. The number of rotatable bonds is 1. The van der Waals surface area contributed by atoms with Crippen molar-refractivity contribution in [1.29, 1.82) is 0 Å². The lowest BCUT2D eigenvalue weighted by Gasteiger charge is -2.28. The van der Waals surface area contributed by atoms with E-state index in [1.807, 2.05) is 6.92 Å². The van der Waals surface area contributed by atoms with Gasteiger partial charge in [0.2, 0.25) is 0 Å². The zero-order valence-electron chi connectivity index (χ0n) is 10.5. The highest BCUT2D eigenvalue weighted by atomic mass is 19.2. The summed E-state index contributed by atoms with van der Waals surface area (Å²) in [6.07, 6.45) is 1.45. The van der Waals surface area contributed by atoms with Gasteiger partial charge in [0.05, 0.1) is 5.52 Å². The number of aromatic amines is 1. The van der Waals surface area contributed by atoms with Gasteiger partial charge in [-0.15, -0.1) is 0 Å². The fourth-order valence-corrected chi connectivity index (χ4v) is 2.84. The summed E-state index contributed by atoms with van der Waals surface area (Å²) in [7, 11) is 0. The van der Waals surface area contributed by atoms with E-state index in [1.54, 1.807) is 0 Å². The van der Waals surface area contributed by atoms with Crippen LogP contribution >= 0.6 is 0 Å². The Kier molecular flexibility index (Phi) is 2.89. The van der Waals surface area contributed by atoms with Crippen LogP contribution in [-0.2, 0) is 0 Å². The first-order valence-corrected chi connectivity index (χ1v) is 6.39. The van der Waals surface area contributed by atoms with Crippen LogP contribution in [0.4, 0.5) is 8.78 Å². The molecule has 1 aliphatic heterocycles. The first kappa shape index (κ1) is 12.3. The van der Waals surface area contributed by atoms with Gasteiger partial charge in [-0.05, 0) is 38.4 Å². The average molecular weight is 267 g/mol. The third-order valence-electron chi connectivity index (χ3n) is 3.73. The lowest BCUT2D eigenvalue weighted by molar-refractivity contribution is 0.312. The molecule has 19 heavy (non-hydrogen) atoms. The minimum Gasteiger partial charge on any atom is -0.314 e. The first-order chi connectivity index (χ1) is 9.08. The first-order valence-electron chi connectivity index (χ1n) is 6.39. The van der Waals surface area contributed by atoms with Crippen molar-refractivity contribution in [3.63, 3.8) is 0 Å². The molecule has 0 spiro atoms. The second-order valence-electron chi connectivity index (χ2n) is 5.09. The smallest absolute Gasteiger partial charge is 0.314 e. The van der Waals surface area contributed by atoms with Crippen LogP contribution in [0.25, 0.3) is 11.0 Å². The number of nitrogens with zero attached hydrogens (tertiary/aromatic N) is 1. The number of hydrogen-bond acceptors (Lipinski definition) is 2. The minimum absolute atomic E-state index is 0.0455. The predicted octanol–water partition coefficient (Wildman–Crippen LogP) is 1.92. The Hall–Kier alpha value is -1.69. The number of hydrogen-bond donors (Lipinski definition) is 2. The van der Waals surface area contributed by atoms with Crippen LogP contribution in [0.2, 0.25) is 0 Å². The Morgan fingerprint density at radius 1 is 1.37 bits per heavy atom. The van der Waals surface area contributed by atoms with Crippen molar-refractivity contribution in [3.05, 3.63) is 34.3 Å². The molecule has 1 aliphatic rings. The highest BCUT2D eigenvalue weighted by Gasteiger charge is 2.25. The highest BCUT2D eigenvalue weighted by molar-refractivity contribution is 5.76. The molecule has 2 heterocycles. The standard InChI is InChI=1S/C13H15F2N3O/c1-7-6-8(4-5-16-7)18-12-10(17-13(18)19)3-2-9(14)11(12)15/h2-3,7-8,16H,4-6H2,1H3,(H,17,19). The Balaban J connectivity index is 2.19. The lowest BCUT2D eigenvalue weighted by atomic mass is 10.0. The summed E-state index contributed by atoms with van der Waals surface area (Å²) in [6, 6.07) is 2.58. The molecule has 0 amide bonds.